The van der Waals surface area contributed by atoms with Crippen molar-refractivity contribution in [2.24, 2.45) is 0 Å². The lowest BCUT2D eigenvalue weighted by atomic mass is 10.2. The predicted octanol–water partition coefficient (Wildman–Crippen LogP) is 2.24. The van der Waals surface area contributed by atoms with Gasteiger partial charge in [-0.15, -0.1) is 0 Å². The molecule has 0 aliphatic carbocycles. The first-order valence-corrected chi connectivity index (χ1v) is 6.64. The molecule has 0 atom stereocenters. The van der Waals surface area contributed by atoms with Gasteiger partial charge in [0.15, 0.2) is 0 Å². The molecule has 0 unspecified atom stereocenters. The van der Waals surface area contributed by atoms with Crippen LogP contribution < -0.4 is 4.90 Å². The highest BCUT2D eigenvalue weighted by Crippen LogP contribution is 2.23. The Morgan fingerprint density at radius 3 is 2.60 bits per heavy atom. The number of carbonyl (C=O) groups is 2. The van der Waals surface area contributed by atoms with E-state index < -0.39 is 0 Å². The van der Waals surface area contributed by atoms with Crippen molar-refractivity contribution < 1.29 is 9.59 Å². The maximum atomic E-state index is 11.7. The topological polar surface area (TPSA) is 55.2 Å². The number of anilines is 1. The van der Waals surface area contributed by atoms with Gasteiger partial charge in [-0.3, -0.25) is 19.2 Å². The molecular weight excluding hydrogens is 278 g/mol. The van der Waals surface area contributed by atoms with Crippen LogP contribution in [0.25, 0.3) is 0 Å². The molecule has 1 aromatic heterocycles. The molecule has 2 amide bonds. The zero-order valence-electron chi connectivity index (χ0n) is 10.6. The van der Waals surface area contributed by atoms with Gasteiger partial charge in [-0.1, -0.05) is 23.7 Å². The third-order valence-corrected chi connectivity index (χ3v) is 3.36. The van der Waals surface area contributed by atoms with Crippen molar-refractivity contribution in [3.63, 3.8) is 0 Å². The summed E-state index contributed by atoms with van der Waals surface area (Å²) in [7, 11) is 0. The second kappa shape index (κ2) is 5.09. The molecule has 102 valence electrons. The van der Waals surface area contributed by atoms with Crippen LogP contribution in [0.5, 0.6) is 0 Å². The lowest BCUT2D eigenvalue weighted by molar-refractivity contribution is -0.121. The largest absolute Gasteiger partial charge is 0.274 e. The molecule has 0 bridgehead atoms. The van der Waals surface area contributed by atoms with Crippen molar-refractivity contribution in [3.8, 4) is 0 Å². The summed E-state index contributed by atoms with van der Waals surface area (Å²) in [5, 5.41) is 4.68. The molecule has 0 saturated carbocycles. The van der Waals surface area contributed by atoms with Crippen molar-refractivity contribution in [1.29, 1.82) is 0 Å². The Morgan fingerprint density at radius 2 is 1.95 bits per heavy atom. The fourth-order valence-corrected chi connectivity index (χ4v) is 2.43. The highest BCUT2D eigenvalue weighted by Gasteiger charge is 2.30. The molecule has 3 rings (SSSR count). The normalized spacial score (nSPS) is 15.2. The Bertz CT molecular complexity index is 665. The van der Waals surface area contributed by atoms with Gasteiger partial charge in [0, 0.05) is 19.0 Å². The minimum atomic E-state index is -0.144. The van der Waals surface area contributed by atoms with Crippen molar-refractivity contribution in [3.05, 3.63) is 47.2 Å². The van der Waals surface area contributed by atoms with Gasteiger partial charge in [-0.2, -0.15) is 5.10 Å². The number of imide groups is 1. The van der Waals surface area contributed by atoms with E-state index in [9.17, 15) is 9.59 Å². The van der Waals surface area contributed by atoms with Gasteiger partial charge < -0.3 is 0 Å². The van der Waals surface area contributed by atoms with Gasteiger partial charge in [0.2, 0.25) is 11.8 Å². The molecular formula is C14H12ClN3O2. The van der Waals surface area contributed by atoms with Gasteiger partial charge in [-0.25, -0.2) is 0 Å². The van der Waals surface area contributed by atoms with Crippen LogP contribution in [0.1, 0.15) is 18.4 Å². The molecule has 0 N–H and O–H groups in total. The Kier molecular flexibility index (Phi) is 3.28. The zero-order chi connectivity index (χ0) is 14.1. The number of hydrogen-bond donors (Lipinski definition) is 0. The highest BCUT2D eigenvalue weighted by atomic mass is 35.5. The minimum Gasteiger partial charge on any atom is -0.274 e. The lowest BCUT2D eigenvalue weighted by Crippen LogP contribution is -2.28. The van der Waals surface area contributed by atoms with E-state index in [0.29, 0.717) is 17.3 Å². The third-order valence-electron chi connectivity index (χ3n) is 3.17. The van der Waals surface area contributed by atoms with Crippen molar-refractivity contribution in [2.45, 2.75) is 19.4 Å². The minimum absolute atomic E-state index is 0.144. The van der Waals surface area contributed by atoms with Crippen LogP contribution in [-0.2, 0) is 16.1 Å². The van der Waals surface area contributed by atoms with E-state index in [1.54, 1.807) is 23.1 Å². The van der Waals surface area contributed by atoms with Crippen LogP contribution >= 0.6 is 11.6 Å². The van der Waals surface area contributed by atoms with Crippen LogP contribution in [0.15, 0.2) is 36.7 Å². The van der Waals surface area contributed by atoms with E-state index in [1.807, 2.05) is 18.2 Å². The van der Waals surface area contributed by atoms with E-state index >= 15 is 0 Å². The molecule has 20 heavy (non-hydrogen) atoms. The lowest BCUT2D eigenvalue weighted by Gasteiger charge is -2.14. The van der Waals surface area contributed by atoms with Gasteiger partial charge in [0.05, 0.1) is 23.5 Å². The maximum absolute atomic E-state index is 11.7. The van der Waals surface area contributed by atoms with E-state index in [4.69, 9.17) is 11.6 Å². The fraction of sp³-hybridized carbons (Fsp3) is 0.214. The quantitative estimate of drug-likeness (QED) is 0.814. The third kappa shape index (κ3) is 2.44. The summed E-state index contributed by atoms with van der Waals surface area (Å²) in [6.07, 6.45) is 3.87. The first-order chi connectivity index (χ1) is 9.63. The number of nitrogens with zero attached hydrogens (tertiary/aromatic N) is 3. The molecule has 1 aliphatic rings. The summed E-state index contributed by atoms with van der Waals surface area (Å²) >= 11 is 5.82. The second-order valence-corrected chi connectivity index (χ2v) is 5.09. The van der Waals surface area contributed by atoms with E-state index in [-0.39, 0.29) is 24.7 Å². The summed E-state index contributed by atoms with van der Waals surface area (Å²) in [6.45, 7) is 0.538. The Balaban J connectivity index is 1.86. The number of hydrogen-bond acceptors (Lipinski definition) is 3. The molecule has 0 radical (unpaired) electrons. The predicted molar refractivity (Wildman–Crippen MR) is 74.5 cm³/mol. The standard InChI is InChI=1S/C14H12ClN3O2/c15-11-7-16-17(9-11)8-10-2-1-3-12(6-10)18-13(19)4-5-14(18)20/h1-3,6-7,9H,4-5,8H2. The number of benzene rings is 1. The van der Waals surface area contributed by atoms with Crippen LogP contribution in [0.4, 0.5) is 5.69 Å². The van der Waals surface area contributed by atoms with Crippen LogP contribution in [0.3, 0.4) is 0 Å². The monoisotopic (exact) mass is 289 g/mol. The number of carbonyl (C=O) groups excluding carboxylic acids is 2. The molecule has 1 aliphatic heterocycles. The van der Waals surface area contributed by atoms with Gasteiger partial charge in [0.25, 0.3) is 0 Å². The van der Waals surface area contributed by atoms with Gasteiger partial charge in [0.1, 0.15) is 0 Å². The smallest absolute Gasteiger partial charge is 0.234 e. The Labute approximate surface area is 120 Å². The zero-order valence-corrected chi connectivity index (χ0v) is 11.4. The fourth-order valence-electron chi connectivity index (χ4n) is 2.27. The SMILES string of the molecule is O=C1CCC(=O)N1c1cccc(Cn2cc(Cl)cn2)c1. The number of aromatic nitrogens is 2. The second-order valence-electron chi connectivity index (χ2n) is 4.65. The molecule has 1 aromatic carbocycles. The summed E-state index contributed by atoms with van der Waals surface area (Å²) < 4.78 is 1.70. The van der Waals surface area contributed by atoms with Gasteiger partial charge >= 0.3 is 0 Å². The molecule has 2 heterocycles. The molecule has 1 saturated heterocycles. The number of amides is 2. The molecule has 6 heteroatoms. The van der Waals surface area contributed by atoms with Gasteiger partial charge in [-0.05, 0) is 17.7 Å². The van der Waals surface area contributed by atoms with Crippen LogP contribution in [-0.4, -0.2) is 21.6 Å². The Hall–Kier alpha value is -2.14. The average Bonchev–Trinajstić information content (AvgIpc) is 2.96. The van der Waals surface area contributed by atoms with E-state index in [2.05, 4.69) is 5.10 Å². The van der Waals surface area contributed by atoms with Crippen LogP contribution in [0, 0.1) is 0 Å². The first kappa shape index (κ1) is 12.9. The number of halogens is 1. The van der Waals surface area contributed by atoms with E-state index in [1.165, 1.54) is 4.90 Å². The summed E-state index contributed by atoms with van der Waals surface area (Å²) in [5.41, 5.74) is 1.57. The van der Waals surface area contributed by atoms with Crippen molar-refractivity contribution in [1.82, 2.24) is 9.78 Å². The summed E-state index contributed by atoms with van der Waals surface area (Å²) in [5.74, 6) is -0.288. The molecule has 2 aromatic rings. The summed E-state index contributed by atoms with van der Waals surface area (Å²) in [6, 6.07) is 7.34. The average molecular weight is 290 g/mol. The van der Waals surface area contributed by atoms with Crippen molar-refractivity contribution in [2.75, 3.05) is 4.90 Å². The Morgan fingerprint density at radius 1 is 1.20 bits per heavy atom. The molecule has 0 spiro atoms. The van der Waals surface area contributed by atoms with Crippen molar-refractivity contribution >= 4 is 29.1 Å². The number of rotatable bonds is 3. The molecule has 5 nitrogen and oxygen atoms in total. The maximum Gasteiger partial charge on any atom is 0.234 e. The summed E-state index contributed by atoms with van der Waals surface area (Å²) in [4.78, 5) is 24.7. The first-order valence-electron chi connectivity index (χ1n) is 6.26. The van der Waals surface area contributed by atoms with E-state index in [0.717, 1.165) is 5.56 Å². The molecule has 1 fully saturated rings. The van der Waals surface area contributed by atoms with Crippen LogP contribution in [0.2, 0.25) is 5.02 Å². The highest BCUT2D eigenvalue weighted by molar-refractivity contribution is 6.30.